The summed E-state index contributed by atoms with van der Waals surface area (Å²) in [7, 11) is 0. The van der Waals surface area contributed by atoms with E-state index in [1.807, 2.05) is 0 Å². The Hall–Kier alpha value is -2.18. The molecule has 6 nitrogen and oxygen atoms in total. The molecule has 0 heterocycles. The summed E-state index contributed by atoms with van der Waals surface area (Å²) >= 11 is 0. The van der Waals surface area contributed by atoms with E-state index in [4.69, 9.17) is 9.84 Å². The van der Waals surface area contributed by atoms with Crippen LogP contribution in [0.3, 0.4) is 0 Å². The van der Waals surface area contributed by atoms with Crippen LogP contribution in [0.25, 0.3) is 0 Å². The van der Waals surface area contributed by atoms with Gasteiger partial charge in [0.1, 0.15) is 11.4 Å². The van der Waals surface area contributed by atoms with Crippen molar-refractivity contribution in [1.29, 1.82) is 0 Å². The number of hydrogen-bond donors (Lipinski definition) is 1. The number of carboxylic acid groups (broad SMARTS) is 1. The SMILES string of the molecule is O=C(O)c1cc([N+](=O)[O-])c(OC2CCC2)cc1F. The van der Waals surface area contributed by atoms with Crippen molar-refractivity contribution in [2.24, 2.45) is 0 Å². The number of carboxylic acids is 1. The standard InChI is InChI=1S/C11H10FNO5/c12-8-5-10(18-6-2-1-3-6)9(13(16)17)4-7(8)11(14)15/h4-6H,1-3H2,(H,14,15). The van der Waals surface area contributed by atoms with Gasteiger partial charge >= 0.3 is 11.7 Å². The lowest BCUT2D eigenvalue weighted by Crippen LogP contribution is -2.25. The van der Waals surface area contributed by atoms with Crippen molar-refractivity contribution in [3.63, 3.8) is 0 Å². The van der Waals surface area contributed by atoms with Crippen LogP contribution in [0.1, 0.15) is 29.6 Å². The molecule has 96 valence electrons. The molecule has 1 aliphatic rings. The summed E-state index contributed by atoms with van der Waals surface area (Å²) in [6.07, 6.45) is 2.34. The molecule has 1 aromatic carbocycles. The van der Waals surface area contributed by atoms with Crippen LogP contribution < -0.4 is 4.74 Å². The molecule has 0 amide bonds. The molecule has 1 fully saturated rings. The zero-order chi connectivity index (χ0) is 13.3. The normalized spacial score (nSPS) is 14.9. The first-order chi connectivity index (χ1) is 8.49. The third kappa shape index (κ3) is 2.24. The van der Waals surface area contributed by atoms with E-state index in [0.29, 0.717) is 6.07 Å². The molecule has 1 saturated carbocycles. The van der Waals surface area contributed by atoms with E-state index in [2.05, 4.69) is 0 Å². The van der Waals surface area contributed by atoms with E-state index in [9.17, 15) is 19.3 Å². The third-order valence-electron chi connectivity index (χ3n) is 2.82. The number of nitro groups is 1. The van der Waals surface area contributed by atoms with Gasteiger partial charge in [-0.3, -0.25) is 10.1 Å². The Balaban J connectivity index is 2.40. The summed E-state index contributed by atoms with van der Waals surface area (Å²) in [4.78, 5) is 20.7. The van der Waals surface area contributed by atoms with Gasteiger partial charge in [-0.1, -0.05) is 0 Å². The van der Waals surface area contributed by atoms with Crippen LogP contribution in [0, 0.1) is 15.9 Å². The smallest absolute Gasteiger partial charge is 0.338 e. The minimum absolute atomic E-state index is 0.154. The second kappa shape index (κ2) is 4.59. The minimum Gasteiger partial charge on any atom is -0.483 e. The molecule has 0 saturated heterocycles. The molecule has 0 atom stereocenters. The lowest BCUT2D eigenvalue weighted by atomic mass is 9.96. The van der Waals surface area contributed by atoms with Gasteiger partial charge in [0.05, 0.1) is 11.0 Å². The Morgan fingerprint density at radius 3 is 2.61 bits per heavy atom. The van der Waals surface area contributed by atoms with E-state index >= 15 is 0 Å². The van der Waals surface area contributed by atoms with Crippen molar-refractivity contribution >= 4 is 11.7 Å². The highest BCUT2D eigenvalue weighted by molar-refractivity contribution is 5.89. The van der Waals surface area contributed by atoms with Crippen LogP contribution >= 0.6 is 0 Å². The van der Waals surface area contributed by atoms with Crippen molar-refractivity contribution in [3.8, 4) is 5.75 Å². The van der Waals surface area contributed by atoms with Gasteiger partial charge in [0.2, 0.25) is 0 Å². The first kappa shape index (κ1) is 12.3. The van der Waals surface area contributed by atoms with Crippen molar-refractivity contribution in [1.82, 2.24) is 0 Å². The topological polar surface area (TPSA) is 89.7 Å². The summed E-state index contributed by atoms with van der Waals surface area (Å²) in [6.45, 7) is 0. The van der Waals surface area contributed by atoms with Crippen molar-refractivity contribution in [3.05, 3.63) is 33.6 Å². The number of hydrogen-bond acceptors (Lipinski definition) is 4. The van der Waals surface area contributed by atoms with Crippen LogP contribution in [0.5, 0.6) is 5.75 Å². The first-order valence-electron chi connectivity index (χ1n) is 5.37. The van der Waals surface area contributed by atoms with Gasteiger partial charge in [-0.15, -0.1) is 0 Å². The second-order valence-corrected chi connectivity index (χ2v) is 4.03. The maximum atomic E-state index is 13.4. The van der Waals surface area contributed by atoms with Gasteiger partial charge in [-0.2, -0.15) is 0 Å². The predicted molar refractivity (Wildman–Crippen MR) is 58.3 cm³/mol. The van der Waals surface area contributed by atoms with Crippen LogP contribution in [-0.4, -0.2) is 22.1 Å². The quantitative estimate of drug-likeness (QED) is 0.658. The lowest BCUT2D eigenvalue weighted by molar-refractivity contribution is -0.386. The van der Waals surface area contributed by atoms with Gasteiger partial charge in [0.15, 0.2) is 5.75 Å². The fourth-order valence-electron chi connectivity index (χ4n) is 1.61. The molecule has 1 aliphatic carbocycles. The van der Waals surface area contributed by atoms with Gasteiger partial charge in [0, 0.05) is 12.1 Å². The summed E-state index contributed by atoms with van der Waals surface area (Å²) in [5.74, 6) is -2.81. The highest BCUT2D eigenvalue weighted by atomic mass is 19.1. The largest absolute Gasteiger partial charge is 0.483 e. The molecule has 0 unspecified atom stereocenters. The van der Waals surface area contributed by atoms with Gasteiger partial charge < -0.3 is 9.84 Å². The third-order valence-corrected chi connectivity index (χ3v) is 2.82. The number of ether oxygens (including phenoxy) is 1. The fourth-order valence-corrected chi connectivity index (χ4v) is 1.61. The molecule has 0 radical (unpaired) electrons. The molecule has 0 bridgehead atoms. The molecule has 0 aliphatic heterocycles. The Morgan fingerprint density at radius 2 is 2.17 bits per heavy atom. The van der Waals surface area contributed by atoms with E-state index in [1.165, 1.54) is 0 Å². The highest BCUT2D eigenvalue weighted by Gasteiger charge is 2.27. The van der Waals surface area contributed by atoms with Crippen LogP contribution in [0.15, 0.2) is 12.1 Å². The van der Waals surface area contributed by atoms with Crippen molar-refractivity contribution in [2.45, 2.75) is 25.4 Å². The van der Waals surface area contributed by atoms with E-state index in [0.717, 1.165) is 25.3 Å². The number of nitrogens with zero attached hydrogens (tertiary/aromatic N) is 1. The van der Waals surface area contributed by atoms with E-state index in [1.54, 1.807) is 0 Å². The number of halogens is 1. The molecule has 7 heteroatoms. The summed E-state index contributed by atoms with van der Waals surface area (Å²) in [5, 5.41) is 19.5. The Labute approximate surface area is 101 Å². The molecule has 1 aromatic rings. The van der Waals surface area contributed by atoms with Gasteiger partial charge in [-0.25, -0.2) is 9.18 Å². The molecule has 18 heavy (non-hydrogen) atoms. The Bertz CT molecular complexity index is 512. The average Bonchev–Trinajstić information content (AvgIpc) is 2.22. The second-order valence-electron chi connectivity index (χ2n) is 4.03. The maximum absolute atomic E-state index is 13.4. The summed E-state index contributed by atoms with van der Waals surface area (Å²) in [6, 6.07) is 1.45. The molecule has 2 rings (SSSR count). The number of carbonyl (C=O) groups is 1. The van der Waals surface area contributed by atoms with Crippen molar-refractivity contribution in [2.75, 3.05) is 0 Å². The van der Waals surface area contributed by atoms with E-state index < -0.39 is 28.0 Å². The molecular weight excluding hydrogens is 245 g/mol. The number of aromatic carboxylic acids is 1. The van der Waals surface area contributed by atoms with Gasteiger partial charge in [0.25, 0.3) is 0 Å². The molecule has 0 spiro atoms. The number of benzene rings is 1. The first-order valence-corrected chi connectivity index (χ1v) is 5.37. The van der Waals surface area contributed by atoms with Crippen LogP contribution in [0.4, 0.5) is 10.1 Å². The maximum Gasteiger partial charge on any atom is 0.338 e. The monoisotopic (exact) mass is 255 g/mol. The molecular formula is C11H10FNO5. The predicted octanol–water partition coefficient (Wildman–Crippen LogP) is 2.36. The highest BCUT2D eigenvalue weighted by Crippen LogP contribution is 2.34. The van der Waals surface area contributed by atoms with Gasteiger partial charge in [-0.05, 0) is 19.3 Å². The number of rotatable bonds is 4. The van der Waals surface area contributed by atoms with Crippen LogP contribution in [0.2, 0.25) is 0 Å². The zero-order valence-corrected chi connectivity index (χ0v) is 9.26. The lowest BCUT2D eigenvalue weighted by Gasteiger charge is -2.26. The Kier molecular flexibility index (Phi) is 3.14. The van der Waals surface area contributed by atoms with E-state index in [-0.39, 0.29) is 11.9 Å². The number of nitro benzene ring substituents is 1. The van der Waals surface area contributed by atoms with Crippen LogP contribution in [-0.2, 0) is 0 Å². The zero-order valence-electron chi connectivity index (χ0n) is 9.26. The fraction of sp³-hybridized carbons (Fsp3) is 0.364. The molecule has 1 N–H and O–H groups in total. The summed E-state index contributed by atoms with van der Waals surface area (Å²) in [5.41, 5.74) is -1.26. The Morgan fingerprint density at radius 1 is 1.50 bits per heavy atom. The summed E-state index contributed by atoms with van der Waals surface area (Å²) < 4.78 is 18.7. The average molecular weight is 255 g/mol. The van der Waals surface area contributed by atoms with Crippen molar-refractivity contribution < 1.29 is 24.0 Å². The minimum atomic E-state index is -1.55. The molecule has 0 aromatic heterocycles.